The van der Waals surface area contributed by atoms with Crippen LogP contribution in [0, 0.1) is 13.8 Å². The molecule has 1 unspecified atom stereocenters. The number of aryl methyl sites for hydroxylation is 2. The van der Waals surface area contributed by atoms with Crippen LogP contribution in [0.5, 0.6) is 0 Å². The van der Waals surface area contributed by atoms with Crippen molar-refractivity contribution in [2.24, 2.45) is 0 Å². The van der Waals surface area contributed by atoms with E-state index in [1.807, 2.05) is 0 Å². The van der Waals surface area contributed by atoms with Crippen LogP contribution in [0.25, 0.3) is 0 Å². The molecule has 1 saturated heterocycles. The Bertz CT molecular complexity index is 442. The molecule has 0 bridgehead atoms. The van der Waals surface area contributed by atoms with Gasteiger partial charge in [-0.25, -0.2) is 0 Å². The Morgan fingerprint density at radius 2 is 2.26 bits per heavy atom. The molecule has 104 valence electrons. The van der Waals surface area contributed by atoms with Crippen molar-refractivity contribution in [3.63, 3.8) is 0 Å². The van der Waals surface area contributed by atoms with Crippen LogP contribution in [0.2, 0.25) is 0 Å². The van der Waals surface area contributed by atoms with E-state index in [9.17, 15) is 0 Å². The molecule has 1 aromatic carbocycles. The summed E-state index contributed by atoms with van der Waals surface area (Å²) in [4.78, 5) is 0. The summed E-state index contributed by atoms with van der Waals surface area (Å²) in [5.41, 5.74) is 3.51. The maximum Gasteiger partial charge on any atom is 0.170 e. The first-order valence-electron chi connectivity index (χ1n) is 6.89. The van der Waals surface area contributed by atoms with Crippen molar-refractivity contribution in [2.45, 2.75) is 39.2 Å². The van der Waals surface area contributed by atoms with Crippen molar-refractivity contribution in [2.75, 3.05) is 18.5 Å². The summed E-state index contributed by atoms with van der Waals surface area (Å²) < 4.78 is 5.58. The standard InChI is InChI=1S/C15H22N2OS/c1-11-5-6-12(2)14(10-11)17-15(19)16-8-7-13-4-3-9-18-13/h5-6,10,13H,3-4,7-9H2,1-2H3,(H2,16,17,19). The van der Waals surface area contributed by atoms with Gasteiger partial charge in [-0.3, -0.25) is 0 Å². The van der Waals surface area contributed by atoms with E-state index < -0.39 is 0 Å². The molecule has 4 heteroatoms. The van der Waals surface area contributed by atoms with Crippen LogP contribution >= 0.6 is 12.2 Å². The zero-order valence-corrected chi connectivity index (χ0v) is 12.5. The minimum Gasteiger partial charge on any atom is -0.378 e. The van der Waals surface area contributed by atoms with Gasteiger partial charge in [0.25, 0.3) is 0 Å². The molecule has 0 saturated carbocycles. The van der Waals surface area contributed by atoms with E-state index in [-0.39, 0.29) is 0 Å². The van der Waals surface area contributed by atoms with Crippen molar-refractivity contribution >= 4 is 23.0 Å². The summed E-state index contributed by atoms with van der Waals surface area (Å²) in [6.45, 7) is 5.94. The van der Waals surface area contributed by atoms with E-state index in [0.29, 0.717) is 11.2 Å². The summed E-state index contributed by atoms with van der Waals surface area (Å²) in [5.74, 6) is 0. The van der Waals surface area contributed by atoms with Gasteiger partial charge in [0.05, 0.1) is 6.10 Å². The van der Waals surface area contributed by atoms with Crippen molar-refractivity contribution in [3.05, 3.63) is 29.3 Å². The second-order valence-corrected chi connectivity index (χ2v) is 5.53. The quantitative estimate of drug-likeness (QED) is 0.829. The first kappa shape index (κ1) is 14.3. The van der Waals surface area contributed by atoms with E-state index in [2.05, 4.69) is 42.7 Å². The SMILES string of the molecule is Cc1ccc(C)c(NC(=S)NCCC2CCCO2)c1. The maximum atomic E-state index is 5.58. The topological polar surface area (TPSA) is 33.3 Å². The first-order chi connectivity index (χ1) is 9.15. The highest BCUT2D eigenvalue weighted by atomic mass is 32.1. The Kier molecular flexibility index (Phi) is 5.16. The number of anilines is 1. The lowest BCUT2D eigenvalue weighted by atomic mass is 10.1. The third kappa shape index (κ3) is 4.48. The third-order valence-corrected chi connectivity index (χ3v) is 3.66. The van der Waals surface area contributed by atoms with E-state index in [1.165, 1.54) is 24.0 Å². The van der Waals surface area contributed by atoms with Gasteiger partial charge in [0.1, 0.15) is 0 Å². The average molecular weight is 278 g/mol. The zero-order chi connectivity index (χ0) is 13.7. The molecule has 1 heterocycles. The predicted octanol–water partition coefficient (Wildman–Crippen LogP) is 3.16. The molecular weight excluding hydrogens is 256 g/mol. The lowest BCUT2D eigenvalue weighted by molar-refractivity contribution is 0.105. The first-order valence-corrected chi connectivity index (χ1v) is 7.29. The van der Waals surface area contributed by atoms with Crippen LogP contribution in [0.3, 0.4) is 0 Å². The summed E-state index contributed by atoms with van der Waals surface area (Å²) in [6.07, 6.45) is 3.81. The number of hydrogen-bond donors (Lipinski definition) is 2. The van der Waals surface area contributed by atoms with Gasteiger partial charge in [-0.1, -0.05) is 12.1 Å². The molecule has 1 aliphatic rings. The number of hydrogen-bond acceptors (Lipinski definition) is 2. The van der Waals surface area contributed by atoms with Gasteiger partial charge in [-0.05, 0) is 62.5 Å². The Balaban J connectivity index is 1.75. The fraction of sp³-hybridized carbons (Fsp3) is 0.533. The van der Waals surface area contributed by atoms with E-state index >= 15 is 0 Å². The molecule has 2 N–H and O–H groups in total. The molecule has 3 nitrogen and oxygen atoms in total. The van der Waals surface area contributed by atoms with Crippen LogP contribution in [0.15, 0.2) is 18.2 Å². The predicted molar refractivity (Wildman–Crippen MR) is 83.7 cm³/mol. The van der Waals surface area contributed by atoms with E-state index in [4.69, 9.17) is 17.0 Å². The van der Waals surface area contributed by atoms with Gasteiger partial charge in [-0.2, -0.15) is 0 Å². The molecule has 0 spiro atoms. The van der Waals surface area contributed by atoms with Crippen LogP contribution in [0.1, 0.15) is 30.4 Å². The Labute approximate surface area is 120 Å². The molecular formula is C15H22N2OS. The Morgan fingerprint density at radius 1 is 1.42 bits per heavy atom. The highest BCUT2D eigenvalue weighted by molar-refractivity contribution is 7.80. The van der Waals surface area contributed by atoms with Crippen molar-refractivity contribution in [3.8, 4) is 0 Å². The average Bonchev–Trinajstić information content (AvgIpc) is 2.87. The maximum absolute atomic E-state index is 5.58. The number of thiocarbonyl (C=S) groups is 1. The molecule has 1 aliphatic heterocycles. The van der Waals surface area contributed by atoms with Crippen molar-refractivity contribution in [1.29, 1.82) is 0 Å². The van der Waals surface area contributed by atoms with Gasteiger partial charge in [0, 0.05) is 18.8 Å². The van der Waals surface area contributed by atoms with Gasteiger partial charge >= 0.3 is 0 Å². The molecule has 2 rings (SSSR count). The molecule has 0 aliphatic carbocycles. The van der Waals surface area contributed by atoms with Gasteiger partial charge in [0.2, 0.25) is 0 Å². The number of rotatable bonds is 4. The van der Waals surface area contributed by atoms with Gasteiger partial charge < -0.3 is 15.4 Å². The largest absolute Gasteiger partial charge is 0.378 e. The summed E-state index contributed by atoms with van der Waals surface area (Å²) in [6, 6.07) is 6.32. The van der Waals surface area contributed by atoms with Crippen LogP contribution < -0.4 is 10.6 Å². The van der Waals surface area contributed by atoms with Crippen LogP contribution in [-0.2, 0) is 4.74 Å². The van der Waals surface area contributed by atoms with Crippen molar-refractivity contribution in [1.82, 2.24) is 5.32 Å². The molecule has 0 amide bonds. The lowest BCUT2D eigenvalue weighted by Crippen LogP contribution is -2.31. The third-order valence-electron chi connectivity index (χ3n) is 3.42. The minimum atomic E-state index is 0.413. The van der Waals surface area contributed by atoms with E-state index in [1.54, 1.807) is 0 Å². The fourth-order valence-corrected chi connectivity index (χ4v) is 2.47. The second kappa shape index (κ2) is 6.87. The molecule has 1 fully saturated rings. The summed E-state index contributed by atoms with van der Waals surface area (Å²) >= 11 is 5.32. The van der Waals surface area contributed by atoms with Crippen LogP contribution in [0.4, 0.5) is 5.69 Å². The lowest BCUT2D eigenvalue weighted by Gasteiger charge is -2.14. The molecule has 19 heavy (non-hydrogen) atoms. The second-order valence-electron chi connectivity index (χ2n) is 5.12. The Hall–Kier alpha value is -1.13. The fourth-order valence-electron chi connectivity index (χ4n) is 2.26. The summed E-state index contributed by atoms with van der Waals surface area (Å²) in [5, 5.41) is 7.19. The monoisotopic (exact) mass is 278 g/mol. The zero-order valence-electron chi connectivity index (χ0n) is 11.7. The smallest absolute Gasteiger partial charge is 0.170 e. The summed E-state index contributed by atoms with van der Waals surface area (Å²) in [7, 11) is 0. The highest BCUT2D eigenvalue weighted by Gasteiger charge is 2.14. The minimum absolute atomic E-state index is 0.413. The molecule has 1 aromatic rings. The number of nitrogens with one attached hydrogen (secondary N) is 2. The molecule has 1 atom stereocenters. The van der Waals surface area contributed by atoms with Crippen LogP contribution in [-0.4, -0.2) is 24.4 Å². The van der Waals surface area contributed by atoms with Gasteiger partial charge in [0.15, 0.2) is 5.11 Å². The van der Waals surface area contributed by atoms with E-state index in [0.717, 1.165) is 25.3 Å². The number of benzene rings is 1. The Morgan fingerprint density at radius 3 is 3.00 bits per heavy atom. The van der Waals surface area contributed by atoms with Gasteiger partial charge in [-0.15, -0.1) is 0 Å². The molecule has 0 radical (unpaired) electrons. The van der Waals surface area contributed by atoms with Crippen molar-refractivity contribution < 1.29 is 4.74 Å². The normalized spacial score (nSPS) is 18.3. The number of ether oxygens (including phenoxy) is 1. The highest BCUT2D eigenvalue weighted by Crippen LogP contribution is 2.16. The molecule has 0 aromatic heterocycles.